The molecule has 1 saturated carbocycles. The molecule has 2 aliphatic rings. The summed E-state index contributed by atoms with van der Waals surface area (Å²) in [6, 6.07) is 0. The number of likely N-dealkylation sites (tertiary alicyclic amines) is 1. The number of nitrogens with zero attached hydrogens (tertiary/aromatic N) is 1. The molecule has 0 bridgehead atoms. The Morgan fingerprint density at radius 1 is 1.26 bits per heavy atom. The number of carboxylic acids is 1. The molecule has 1 aliphatic heterocycles. The fourth-order valence-electron chi connectivity index (χ4n) is 3.52. The van der Waals surface area contributed by atoms with E-state index in [1.807, 2.05) is 13.8 Å². The van der Waals surface area contributed by atoms with Crippen LogP contribution >= 0.6 is 0 Å². The lowest BCUT2D eigenvalue weighted by Gasteiger charge is -2.47. The number of hydrogen-bond acceptors (Lipinski definition) is 3. The topological polar surface area (TPSA) is 77.8 Å². The maximum atomic E-state index is 12.3. The van der Waals surface area contributed by atoms with Gasteiger partial charge in [0, 0.05) is 0 Å². The Morgan fingerprint density at radius 2 is 1.84 bits per heavy atom. The Kier molecular flexibility index (Phi) is 3.85. The first-order valence-corrected chi connectivity index (χ1v) is 7.10. The molecule has 1 amide bonds. The van der Waals surface area contributed by atoms with Gasteiger partial charge >= 0.3 is 5.97 Å². The van der Waals surface area contributed by atoms with Crippen LogP contribution in [0.4, 0.5) is 0 Å². The lowest BCUT2D eigenvalue weighted by atomic mass is 9.86. The molecule has 0 aromatic rings. The van der Waals surface area contributed by atoms with Crippen LogP contribution in [0.5, 0.6) is 0 Å². The number of amides is 1. The smallest absolute Gasteiger partial charge is 0.307 e. The van der Waals surface area contributed by atoms with E-state index in [4.69, 9.17) is 0 Å². The Bertz CT molecular complexity index is 376. The molecule has 0 radical (unpaired) electrons. The fourth-order valence-corrected chi connectivity index (χ4v) is 3.52. The molecule has 0 spiro atoms. The molecule has 2 N–H and O–H groups in total. The summed E-state index contributed by atoms with van der Waals surface area (Å²) < 4.78 is 0. The Morgan fingerprint density at radius 3 is 2.37 bits per heavy atom. The van der Waals surface area contributed by atoms with Gasteiger partial charge in [0.15, 0.2) is 0 Å². The molecular formula is C14H23NO4. The molecular weight excluding hydrogens is 246 g/mol. The van der Waals surface area contributed by atoms with Crippen molar-refractivity contribution in [2.45, 2.75) is 45.1 Å². The third kappa shape index (κ3) is 2.76. The van der Waals surface area contributed by atoms with Crippen LogP contribution in [0.1, 0.15) is 39.5 Å². The molecule has 2 rings (SSSR count). The van der Waals surface area contributed by atoms with Gasteiger partial charge in [-0.1, -0.05) is 20.3 Å². The van der Waals surface area contributed by atoms with Gasteiger partial charge in [-0.15, -0.1) is 0 Å². The third-order valence-corrected chi connectivity index (χ3v) is 4.43. The zero-order chi connectivity index (χ0) is 14.2. The summed E-state index contributed by atoms with van der Waals surface area (Å²) >= 11 is 0. The highest BCUT2D eigenvalue weighted by atomic mass is 16.4. The zero-order valence-corrected chi connectivity index (χ0v) is 11.6. The van der Waals surface area contributed by atoms with E-state index in [0.29, 0.717) is 32.4 Å². The molecule has 5 heteroatoms. The van der Waals surface area contributed by atoms with Gasteiger partial charge in [-0.2, -0.15) is 0 Å². The highest BCUT2D eigenvalue weighted by Crippen LogP contribution is 2.39. The van der Waals surface area contributed by atoms with Crippen molar-refractivity contribution >= 4 is 11.9 Å². The van der Waals surface area contributed by atoms with Gasteiger partial charge in [0.2, 0.25) is 5.91 Å². The van der Waals surface area contributed by atoms with Crippen LogP contribution in [0.2, 0.25) is 0 Å². The van der Waals surface area contributed by atoms with Crippen LogP contribution in [0.25, 0.3) is 0 Å². The summed E-state index contributed by atoms with van der Waals surface area (Å²) in [7, 11) is 0. The number of hydrogen-bond donors (Lipinski definition) is 2. The van der Waals surface area contributed by atoms with Crippen molar-refractivity contribution < 1.29 is 19.8 Å². The minimum absolute atomic E-state index is 0.0856. The van der Waals surface area contributed by atoms with Gasteiger partial charge in [-0.05, 0) is 25.2 Å². The van der Waals surface area contributed by atoms with Crippen molar-refractivity contribution in [3.05, 3.63) is 0 Å². The van der Waals surface area contributed by atoms with Crippen molar-refractivity contribution in [2.75, 3.05) is 13.1 Å². The molecule has 19 heavy (non-hydrogen) atoms. The number of aliphatic hydroxyl groups is 1. The summed E-state index contributed by atoms with van der Waals surface area (Å²) in [4.78, 5) is 25.2. The summed E-state index contributed by atoms with van der Waals surface area (Å²) in [5.41, 5.74) is -0.743. The van der Waals surface area contributed by atoms with Gasteiger partial charge in [0.1, 0.15) is 0 Å². The predicted octanol–water partition coefficient (Wildman–Crippen LogP) is 1.11. The summed E-state index contributed by atoms with van der Waals surface area (Å²) in [5.74, 6) is -1.63. The van der Waals surface area contributed by atoms with Crippen molar-refractivity contribution in [1.29, 1.82) is 0 Å². The number of carbonyl (C=O) groups is 2. The van der Waals surface area contributed by atoms with E-state index < -0.39 is 23.4 Å². The van der Waals surface area contributed by atoms with Crippen molar-refractivity contribution in [1.82, 2.24) is 4.90 Å². The summed E-state index contributed by atoms with van der Waals surface area (Å²) in [6.45, 7) is 4.71. The van der Waals surface area contributed by atoms with Gasteiger partial charge < -0.3 is 15.1 Å². The van der Waals surface area contributed by atoms with E-state index in [9.17, 15) is 19.8 Å². The number of β-amino-alcohol motifs (C(OH)–C–C–N with tert-alkyl or cyclic N) is 1. The van der Waals surface area contributed by atoms with Crippen molar-refractivity contribution in [2.24, 2.45) is 17.8 Å². The average molecular weight is 269 g/mol. The van der Waals surface area contributed by atoms with Crippen LogP contribution in [0.3, 0.4) is 0 Å². The minimum atomic E-state index is -0.868. The van der Waals surface area contributed by atoms with Gasteiger partial charge in [-0.25, -0.2) is 0 Å². The van der Waals surface area contributed by atoms with E-state index in [0.717, 1.165) is 6.42 Å². The lowest BCUT2D eigenvalue weighted by molar-refractivity contribution is -0.164. The van der Waals surface area contributed by atoms with Gasteiger partial charge in [-0.3, -0.25) is 9.59 Å². The third-order valence-electron chi connectivity index (χ3n) is 4.43. The predicted molar refractivity (Wildman–Crippen MR) is 69.5 cm³/mol. The normalized spacial score (nSPS) is 33.0. The van der Waals surface area contributed by atoms with Crippen LogP contribution in [-0.2, 0) is 9.59 Å². The molecule has 0 aromatic heterocycles. The maximum Gasteiger partial charge on any atom is 0.307 e. The monoisotopic (exact) mass is 269 g/mol. The second kappa shape index (κ2) is 5.12. The summed E-state index contributed by atoms with van der Waals surface area (Å²) in [6.07, 6.45) is 2.81. The van der Waals surface area contributed by atoms with E-state index in [1.165, 1.54) is 0 Å². The first kappa shape index (κ1) is 14.3. The van der Waals surface area contributed by atoms with E-state index in [-0.39, 0.29) is 11.8 Å². The first-order chi connectivity index (χ1) is 8.86. The second-order valence-electron chi connectivity index (χ2n) is 6.30. The molecule has 1 heterocycles. The molecule has 2 fully saturated rings. The van der Waals surface area contributed by atoms with Crippen LogP contribution < -0.4 is 0 Å². The van der Waals surface area contributed by atoms with Gasteiger partial charge in [0.25, 0.3) is 0 Å². The number of carbonyl (C=O) groups excluding carboxylic acids is 1. The first-order valence-electron chi connectivity index (χ1n) is 7.10. The van der Waals surface area contributed by atoms with Crippen LogP contribution in [0, 0.1) is 17.8 Å². The Labute approximate surface area is 113 Å². The number of aliphatic carboxylic acids is 1. The molecule has 1 saturated heterocycles. The lowest BCUT2D eigenvalue weighted by Crippen LogP contribution is -2.64. The Hall–Kier alpha value is -1.10. The highest BCUT2D eigenvalue weighted by Gasteiger charge is 2.48. The number of rotatable bonds is 4. The maximum absolute atomic E-state index is 12.3. The SMILES string of the molecule is CCCC1(O)CN(C(=O)[C@H]2CC(C)C[C@H]2C(=O)O)C1. The molecule has 108 valence electrons. The molecule has 0 aromatic carbocycles. The zero-order valence-electron chi connectivity index (χ0n) is 11.6. The van der Waals surface area contributed by atoms with Crippen molar-refractivity contribution in [3.8, 4) is 0 Å². The summed E-state index contributed by atoms with van der Waals surface area (Å²) in [5, 5.41) is 19.3. The fraction of sp³-hybridized carbons (Fsp3) is 0.857. The minimum Gasteiger partial charge on any atom is -0.481 e. The van der Waals surface area contributed by atoms with Gasteiger partial charge in [0.05, 0.1) is 30.5 Å². The second-order valence-corrected chi connectivity index (χ2v) is 6.30. The number of carboxylic acid groups (broad SMARTS) is 1. The van der Waals surface area contributed by atoms with E-state index >= 15 is 0 Å². The van der Waals surface area contributed by atoms with E-state index in [1.54, 1.807) is 4.90 Å². The average Bonchev–Trinajstić information content (AvgIpc) is 2.67. The quantitative estimate of drug-likeness (QED) is 0.801. The largest absolute Gasteiger partial charge is 0.481 e. The van der Waals surface area contributed by atoms with Crippen molar-refractivity contribution in [3.63, 3.8) is 0 Å². The highest BCUT2D eigenvalue weighted by molar-refractivity contribution is 5.86. The standard InChI is InChI=1S/C14H23NO4/c1-3-4-14(19)7-15(8-14)12(16)10-5-9(2)6-11(10)13(17)18/h9-11,19H,3-8H2,1-2H3,(H,17,18)/t9?,10-,11+/m0/s1. The molecule has 3 atom stereocenters. The van der Waals surface area contributed by atoms with E-state index in [2.05, 4.69) is 0 Å². The van der Waals surface area contributed by atoms with Crippen LogP contribution in [-0.4, -0.2) is 45.7 Å². The molecule has 1 unspecified atom stereocenters. The molecule has 1 aliphatic carbocycles. The Balaban J connectivity index is 1.96. The van der Waals surface area contributed by atoms with Crippen LogP contribution in [0.15, 0.2) is 0 Å². The molecule has 5 nitrogen and oxygen atoms in total.